The number of carbonyl (C=O) groups is 1. The third-order valence-electron chi connectivity index (χ3n) is 4.84. The molecular weight excluding hydrogens is 346 g/mol. The van der Waals surface area contributed by atoms with E-state index in [1.807, 2.05) is 35.0 Å². The summed E-state index contributed by atoms with van der Waals surface area (Å²) in [5.41, 5.74) is 1.06. The number of fused-ring (bicyclic) bond motifs is 1. The number of piperidine rings is 1. The van der Waals surface area contributed by atoms with E-state index in [1.165, 1.54) is 4.70 Å². The van der Waals surface area contributed by atoms with Crippen molar-refractivity contribution in [1.82, 2.24) is 14.8 Å². The van der Waals surface area contributed by atoms with Crippen LogP contribution in [0.5, 0.6) is 0 Å². The molecule has 0 bridgehead atoms. The molecule has 3 heterocycles. The summed E-state index contributed by atoms with van der Waals surface area (Å²) in [6.07, 6.45) is 3.80. The van der Waals surface area contributed by atoms with Gasteiger partial charge in [-0.05, 0) is 44.2 Å². The average molecular weight is 369 g/mol. The summed E-state index contributed by atoms with van der Waals surface area (Å²) in [5.74, 6) is 1.41. The Morgan fingerprint density at radius 3 is 3.04 bits per heavy atom. The molecule has 5 nitrogen and oxygen atoms in total. The van der Waals surface area contributed by atoms with E-state index in [9.17, 15) is 4.79 Å². The van der Waals surface area contributed by atoms with Crippen molar-refractivity contribution < 1.29 is 9.21 Å². The molecule has 1 atom stereocenters. The monoisotopic (exact) mass is 369 g/mol. The molecule has 136 valence electrons. The zero-order valence-electron chi connectivity index (χ0n) is 14.9. The van der Waals surface area contributed by atoms with Gasteiger partial charge in [-0.1, -0.05) is 12.1 Å². The van der Waals surface area contributed by atoms with Crippen molar-refractivity contribution in [2.75, 3.05) is 26.7 Å². The van der Waals surface area contributed by atoms with Crippen molar-refractivity contribution in [3.05, 3.63) is 53.4 Å². The predicted octanol–water partition coefficient (Wildman–Crippen LogP) is 3.73. The quantitative estimate of drug-likeness (QED) is 0.688. The number of hydrogen-bond donors (Lipinski definition) is 0. The van der Waals surface area contributed by atoms with Crippen LogP contribution in [0, 0.1) is 0 Å². The molecule has 6 heteroatoms. The number of thiazole rings is 1. The van der Waals surface area contributed by atoms with Crippen molar-refractivity contribution in [1.29, 1.82) is 0 Å². The van der Waals surface area contributed by atoms with Gasteiger partial charge in [-0.15, -0.1) is 11.3 Å². The van der Waals surface area contributed by atoms with Crippen molar-refractivity contribution in [3.8, 4) is 0 Å². The summed E-state index contributed by atoms with van der Waals surface area (Å²) in [4.78, 5) is 21.5. The van der Waals surface area contributed by atoms with Crippen LogP contribution in [0.4, 0.5) is 0 Å². The molecule has 1 aromatic carbocycles. The highest BCUT2D eigenvalue weighted by molar-refractivity contribution is 7.18. The number of likely N-dealkylation sites (tertiary alicyclic amines) is 1. The Hall–Kier alpha value is -2.18. The number of aromatic nitrogens is 1. The molecule has 2 aromatic heterocycles. The first-order valence-corrected chi connectivity index (χ1v) is 9.85. The van der Waals surface area contributed by atoms with Crippen LogP contribution in [0.15, 0.2) is 47.1 Å². The maximum atomic E-state index is 12.7. The van der Waals surface area contributed by atoms with Crippen molar-refractivity contribution in [2.45, 2.75) is 25.3 Å². The first-order chi connectivity index (χ1) is 12.7. The number of rotatable bonds is 5. The molecule has 0 unspecified atom stereocenters. The maximum absolute atomic E-state index is 12.7. The minimum absolute atomic E-state index is 0.185. The molecule has 1 fully saturated rings. The number of nitrogens with zero attached hydrogens (tertiary/aromatic N) is 3. The minimum Gasteiger partial charge on any atom is -0.468 e. The average Bonchev–Trinajstić information content (AvgIpc) is 3.31. The first-order valence-electron chi connectivity index (χ1n) is 9.03. The van der Waals surface area contributed by atoms with Crippen molar-refractivity contribution in [3.63, 3.8) is 0 Å². The molecule has 1 aliphatic heterocycles. The third kappa shape index (κ3) is 3.81. The van der Waals surface area contributed by atoms with Crippen LogP contribution in [0.25, 0.3) is 10.2 Å². The number of hydrogen-bond acceptors (Lipinski definition) is 5. The fourth-order valence-corrected chi connectivity index (χ4v) is 4.62. The highest BCUT2D eigenvalue weighted by atomic mass is 32.1. The fourth-order valence-electron chi connectivity index (χ4n) is 3.53. The Labute approximate surface area is 157 Å². The number of benzene rings is 1. The lowest BCUT2D eigenvalue weighted by atomic mass is 9.98. The molecule has 0 radical (unpaired) electrons. The largest absolute Gasteiger partial charge is 0.468 e. The van der Waals surface area contributed by atoms with Crippen LogP contribution in [-0.2, 0) is 11.3 Å². The second-order valence-electron chi connectivity index (χ2n) is 6.95. The van der Waals surface area contributed by atoms with Crippen LogP contribution >= 0.6 is 11.3 Å². The molecule has 0 aliphatic carbocycles. The summed E-state index contributed by atoms with van der Waals surface area (Å²) in [6, 6.07) is 12.1. The molecule has 1 amide bonds. The Morgan fingerprint density at radius 1 is 1.35 bits per heavy atom. The number of carbonyl (C=O) groups excluding carboxylic acids is 1. The van der Waals surface area contributed by atoms with Gasteiger partial charge in [0.2, 0.25) is 5.91 Å². The smallest absolute Gasteiger partial charge is 0.236 e. The van der Waals surface area contributed by atoms with Gasteiger partial charge >= 0.3 is 0 Å². The summed E-state index contributed by atoms with van der Waals surface area (Å²) >= 11 is 1.76. The van der Waals surface area contributed by atoms with E-state index in [-0.39, 0.29) is 5.91 Å². The predicted molar refractivity (Wildman–Crippen MR) is 103 cm³/mol. The normalized spacial score (nSPS) is 17.9. The molecule has 4 rings (SSSR count). The Morgan fingerprint density at radius 2 is 2.23 bits per heavy atom. The molecule has 1 saturated heterocycles. The molecule has 1 aliphatic rings. The van der Waals surface area contributed by atoms with Gasteiger partial charge in [-0.3, -0.25) is 9.69 Å². The Bertz CT molecular complexity index is 841. The van der Waals surface area contributed by atoms with E-state index >= 15 is 0 Å². The van der Waals surface area contributed by atoms with E-state index in [0.29, 0.717) is 19.0 Å². The highest BCUT2D eigenvalue weighted by Crippen LogP contribution is 2.32. The van der Waals surface area contributed by atoms with E-state index in [1.54, 1.807) is 17.6 Å². The molecule has 26 heavy (non-hydrogen) atoms. The summed E-state index contributed by atoms with van der Waals surface area (Å²) in [5, 5.41) is 1.16. The van der Waals surface area contributed by atoms with Crippen molar-refractivity contribution >= 4 is 27.5 Å². The summed E-state index contributed by atoms with van der Waals surface area (Å²) in [6.45, 7) is 2.67. The van der Waals surface area contributed by atoms with Gasteiger partial charge < -0.3 is 9.32 Å². The van der Waals surface area contributed by atoms with Gasteiger partial charge in [0, 0.05) is 19.0 Å². The van der Waals surface area contributed by atoms with Gasteiger partial charge in [-0.2, -0.15) is 0 Å². The number of amides is 1. The second kappa shape index (κ2) is 7.60. The topological polar surface area (TPSA) is 49.6 Å². The Kier molecular flexibility index (Phi) is 5.04. The standard InChI is InChI=1S/C20H23N3O2S/c1-22(13-16-7-5-11-25-16)14-19(24)23-10-4-6-15(12-23)20-21-17-8-2-3-9-18(17)26-20/h2-3,5,7-9,11,15H,4,6,10,12-14H2,1H3/t15-/m0/s1. The zero-order valence-corrected chi connectivity index (χ0v) is 15.7. The van der Waals surface area contributed by atoms with Gasteiger partial charge in [0.1, 0.15) is 5.76 Å². The zero-order chi connectivity index (χ0) is 17.9. The van der Waals surface area contributed by atoms with E-state index < -0.39 is 0 Å². The lowest BCUT2D eigenvalue weighted by molar-refractivity contribution is -0.133. The van der Waals surface area contributed by atoms with Crippen LogP contribution in [0.3, 0.4) is 0 Å². The van der Waals surface area contributed by atoms with Gasteiger partial charge in [0.05, 0.1) is 34.6 Å². The number of likely N-dealkylation sites (N-methyl/N-ethyl adjacent to an activating group) is 1. The van der Waals surface area contributed by atoms with Crippen molar-refractivity contribution in [2.24, 2.45) is 0 Å². The molecule has 3 aromatic rings. The summed E-state index contributed by atoms with van der Waals surface area (Å²) in [7, 11) is 1.95. The van der Waals surface area contributed by atoms with Crippen LogP contribution in [0.2, 0.25) is 0 Å². The van der Waals surface area contributed by atoms with Crippen LogP contribution in [-0.4, -0.2) is 47.4 Å². The molecule has 0 spiro atoms. The highest BCUT2D eigenvalue weighted by Gasteiger charge is 2.27. The number of para-hydroxylation sites is 1. The van der Waals surface area contributed by atoms with Gasteiger partial charge in [0.25, 0.3) is 0 Å². The lowest BCUT2D eigenvalue weighted by Crippen LogP contribution is -2.43. The van der Waals surface area contributed by atoms with E-state index in [4.69, 9.17) is 9.40 Å². The molecule has 0 saturated carbocycles. The second-order valence-corrected chi connectivity index (χ2v) is 8.01. The van der Waals surface area contributed by atoms with E-state index in [0.717, 1.165) is 42.2 Å². The van der Waals surface area contributed by atoms with Crippen LogP contribution in [0.1, 0.15) is 29.5 Å². The Balaban J connectivity index is 1.38. The molecule has 0 N–H and O–H groups in total. The lowest BCUT2D eigenvalue weighted by Gasteiger charge is -2.33. The maximum Gasteiger partial charge on any atom is 0.236 e. The first kappa shape index (κ1) is 17.2. The van der Waals surface area contributed by atoms with Gasteiger partial charge in [0.15, 0.2) is 0 Å². The number of furan rings is 1. The molecular formula is C20H23N3O2S. The summed E-state index contributed by atoms with van der Waals surface area (Å²) < 4.78 is 6.59. The third-order valence-corrected chi connectivity index (χ3v) is 6.04. The fraction of sp³-hybridized carbons (Fsp3) is 0.400. The SMILES string of the molecule is CN(CC(=O)N1CCC[C@H](c2nc3ccccc3s2)C1)Cc1ccco1. The minimum atomic E-state index is 0.185. The van der Waals surface area contributed by atoms with Crippen LogP contribution < -0.4 is 0 Å². The van der Waals surface area contributed by atoms with E-state index in [2.05, 4.69) is 18.2 Å². The van der Waals surface area contributed by atoms with Gasteiger partial charge in [-0.25, -0.2) is 4.98 Å².